The summed E-state index contributed by atoms with van der Waals surface area (Å²) in [5.74, 6) is 0. The molecule has 262 valence electrons. The molecule has 6 nitrogen and oxygen atoms in total. The number of carbonyl (C=O) groups excluding carboxylic acids is 1. The van der Waals surface area contributed by atoms with Gasteiger partial charge in [-0.15, -0.1) is 0 Å². The minimum Gasteiger partial charge on any atom is -0.303 e. The molecular formula is C37H74NO5P. The van der Waals surface area contributed by atoms with Crippen LogP contribution in [-0.4, -0.2) is 29.0 Å². The maximum Gasteiger partial charge on any atom is 0.469 e. The molecule has 0 saturated heterocycles. The molecule has 0 aliphatic carbocycles. The zero-order chi connectivity index (χ0) is 32.1. The van der Waals surface area contributed by atoms with Gasteiger partial charge < -0.3 is 9.79 Å². The summed E-state index contributed by atoms with van der Waals surface area (Å²) in [6, 6.07) is 0. The van der Waals surface area contributed by atoms with Crippen LogP contribution in [0.2, 0.25) is 0 Å². The fourth-order valence-electron chi connectivity index (χ4n) is 6.18. The molecule has 44 heavy (non-hydrogen) atoms. The van der Waals surface area contributed by atoms with Crippen molar-refractivity contribution in [2.75, 3.05) is 13.2 Å². The fraction of sp³-hybridized carbons (Fsp3) is 0.973. The van der Waals surface area contributed by atoms with E-state index in [-0.39, 0.29) is 6.61 Å². The van der Waals surface area contributed by atoms with Crippen LogP contribution in [0.25, 0.3) is 0 Å². The monoisotopic (exact) mass is 644 g/mol. The average Bonchev–Trinajstić information content (AvgIpc) is 3.00. The van der Waals surface area contributed by atoms with Gasteiger partial charge in [-0.2, -0.15) is 0 Å². The van der Waals surface area contributed by atoms with Crippen molar-refractivity contribution >= 4 is 13.9 Å². The maximum absolute atomic E-state index is 10.6. The Hall–Kier alpha value is -0.510. The predicted octanol–water partition coefficient (Wildman–Crippen LogP) is 12.7. The van der Waals surface area contributed by atoms with Gasteiger partial charge in [0.05, 0.1) is 13.2 Å². The summed E-state index contributed by atoms with van der Waals surface area (Å²) in [4.78, 5) is 30.9. The van der Waals surface area contributed by atoms with Gasteiger partial charge in [0.1, 0.15) is 0 Å². The lowest BCUT2D eigenvalue weighted by Gasteiger charge is -2.05. The molecule has 0 aliphatic rings. The van der Waals surface area contributed by atoms with Crippen molar-refractivity contribution in [3.05, 3.63) is 0 Å². The quantitative estimate of drug-likeness (QED) is 0.0302. The average molecular weight is 644 g/mol. The van der Waals surface area contributed by atoms with Gasteiger partial charge in [0, 0.05) is 0 Å². The molecule has 0 radical (unpaired) electrons. The van der Waals surface area contributed by atoms with E-state index in [4.69, 9.17) is 9.79 Å². The molecule has 0 saturated carbocycles. The summed E-state index contributed by atoms with van der Waals surface area (Å²) in [7, 11) is -4.28. The summed E-state index contributed by atoms with van der Waals surface area (Å²) >= 11 is 0. The molecule has 0 aromatic heterocycles. The molecule has 0 unspecified atom stereocenters. The van der Waals surface area contributed by atoms with E-state index in [2.05, 4.69) is 9.52 Å². The van der Waals surface area contributed by atoms with Crippen LogP contribution in [0, 0.1) is 0 Å². The van der Waals surface area contributed by atoms with E-state index in [0.29, 0.717) is 6.54 Å². The third-order valence-corrected chi connectivity index (χ3v) is 9.51. The molecule has 0 aliphatic heterocycles. The number of isocyanates is 1. The Kier molecular flexibility index (Phi) is 36.5. The second-order valence-corrected chi connectivity index (χ2v) is 14.6. The van der Waals surface area contributed by atoms with Crippen molar-refractivity contribution in [2.45, 2.75) is 218 Å². The first kappa shape index (κ1) is 43.5. The number of hydrogen-bond acceptors (Lipinski definition) is 4. The summed E-state index contributed by atoms with van der Waals surface area (Å²) in [5.41, 5.74) is 0. The van der Waals surface area contributed by atoms with Crippen LogP contribution in [0.5, 0.6) is 0 Å². The van der Waals surface area contributed by atoms with Crippen LogP contribution in [0.4, 0.5) is 0 Å². The Morgan fingerprint density at radius 3 is 0.795 bits per heavy atom. The van der Waals surface area contributed by atoms with Gasteiger partial charge in [0.25, 0.3) is 0 Å². The van der Waals surface area contributed by atoms with Crippen molar-refractivity contribution in [3.63, 3.8) is 0 Å². The van der Waals surface area contributed by atoms with E-state index < -0.39 is 7.82 Å². The third-order valence-electron chi connectivity index (χ3n) is 8.99. The molecule has 0 amide bonds. The minimum atomic E-state index is -4.28. The highest BCUT2D eigenvalue weighted by Crippen LogP contribution is 2.35. The molecule has 0 heterocycles. The lowest BCUT2D eigenvalue weighted by molar-refractivity contribution is 0.193. The first-order valence-corrected chi connectivity index (χ1v) is 20.8. The summed E-state index contributed by atoms with van der Waals surface area (Å²) in [5, 5.41) is 0. The predicted molar refractivity (Wildman–Crippen MR) is 188 cm³/mol. The number of phosphoric acid groups is 1. The number of unbranched alkanes of at least 4 members (excludes halogenated alkanes) is 33. The standard InChI is InChI=1S/C37H74NO5P/c39-37-38-35-33-31-29-27-25-23-21-19-17-15-13-11-9-7-5-3-1-2-4-6-8-10-12-14-16-18-20-22-24-26-28-30-32-34-36-43-44(40,41)42/h1-36H2,(H2,40,41,42). The van der Waals surface area contributed by atoms with Crippen molar-refractivity contribution in [1.82, 2.24) is 0 Å². The molecule has 0 spiro atoms. The zero-order valence-corrected chi connectivity index (χ0v) is 29.9. The van der Waals surface area contributed by atoms with Crippen LogP contribution in [-0.2, 0) is 13.9 Å². The molecule has 0 aromatic rings. The highest BCUT2D eigenvalue weighted by molar-refractivity contribution is 7.46. The van der Waals surface area contributed by atoms with Crippen LogP contribution >= 0.6 is 7.82 Å². The highest BCUT2D eigenvalue weighted by atomic mass is 31.2. The number of phosphoric ester groups is 1. The van der Waals surface area contributed by atoms with Gasteiger partial charge in [-0.3, -0.25) is 4.52 Å². The van der Waals surface area contributed by atoms with Crippen molar-refractivity contribution < 1.29 is 23.7 Å². The van der Waals surface area contributed by atoms with Crippen molar-refractivity contribution in [3.8, 4) is 0 Å². The minimum absolute atomic E-state index is 0.166. The van der Waals surface area contributed by atoms with E-state index >= 15 is 0 Å². The third kappa shape index (κ3) is 41.5. The Balaban J connectivity index is 3.06. The lowest BCUT2D eigenvalue weighted by atomic mass is 10.0. The van der Waals surface area contributed by atoms with Gasteiger partial charge in [-0.05, 0) is 12.8 Å². The number of nitrogens with zero attached hydrogens (tertiary/aromatic N) is 1. The van der Waals surface area contributed by atoms with Gasteiger partial charge in [-0.1, -0.05) is 205 Å². The van der Waals surface area contributed by atoms with E-state index in [0.717, 1.165) is 25.7 Å². The van der Waals surface area contributed by atoms with Gasteiger partial charge >= 0.3 is 7.82 Å². The van der Waals surface area contributed by atoms with E-state index in [1.807, 2.05) is 0 Å². The maximum atomic E-state index is 10.6. The summed E-state index contributed by atoms with van der Waals surface area (Å²) < 4.78 is 15.1. The number of rotatable bonds is 38. The Labute approximate surface area is 273 Å². The molecule has 2 N–H and O–H groups in total. The Morgan fingerprint density at radius 2 is 0.591 bits per heavy atom. The molecule has 0 aromatic carbocycles. The molecule has 0 rings (SSSR count). The van der Waals surface area contributed by atoms with Crippen LogP contribution in [0.1, 0.15) is 218 Å². The van der Waals surface area contributed by atoms with Crippen LogP contribution in [0.3, 0.4) is 0 Å². The van der Waals surface area contributed by atoms with Crippen LogP contribution < -0.4 is 0 Å². The largest absolute Gasteiger partial charge is 0.469 e. The second-order valence-electron chi connectivity index (χ2n) is 13.3. The zero-order valence-electron chi connectivity index (χ0n) is 29.0. The molecule has 0 bridgehead atoms. The molecule has 0 fully saturated rings. The van der Waals surface area contributed by atoms with Crippen molar-refractivity contribution in [1.29, 1.82) is 0 Å². The first-order valence-electron chi connectivity index (χ1n) is 19.3. The number of hydrogen-bond donors (Lipinski definition) is 2. The van der Waals surface area contributed by atoms with E-state index in [9.17, 15) is 9.36 Å². The van der Waals surface area contributed by atoms with Gasteiger partial charge in [-0.25, -0.2) is 14.4 Å². The summed E-state index contributed by atoms with van der Waals surface area (Å²) in [6.07, 6.45) is 47.3. The van der Waals surface area contributed by atoms with Gasteiger partial charge in [0.15, 0.2) is 0 Å². The van der Waals surface area contributed by atoms with Gasteiger partial charge in [0.2, 0.25) is 6.08 Å². The van der Waals surface area contributed by atoms with Crippen LogP contribution in [0.15, 0.2) is 4.99 Å². The van der Waals surface area contributed by atoms with Crippen molar-refractivity contribution in [2.24, 2.45) is 4.99 Å². The normalized spacial score (nSPS) is 11.7. The lowest BCUT2D eigenvalue weighted by Crippen LogP contribution is -1.92. The summed E-state index contributed by atoms with van der Waals surface area (Å²) in [6.45, 7) is 0.825. The smallest absolute Gasteiger partial charge is 0.303 e. The van der Waals surface area contributed by atoms with E-state index in [1.54, 1.807) is 6.08 Å². The topological polar surface area (TPSA) is 96.2 Å². The Bertz CT molecular complexity index is 650. The van der Waals surface area contributed by atoms with E-state index in [1.165, 1.54) is 193 Å². The highest BCUT2D eigenvalue weighted by Gasteiger charge is 2.12. The molecular weight excluding hydrogens is 569 g/mol. The Morgan fingerprint density at radius 1 is 0.386 bits per heavy atom. The SMILES string of the molecule is O=C=NCCCCCCCCCCCCCCCCCCCCCCCCCCCCCCCCCCCCOP(=O)(O)O. The number of aliphatic imine (C=N–C) groups is 1. The molecule has 0 atom stereocenters. The molecule has 7 heteroatoms. The fourth-order valence-corrected chi connectivity index (χ4v) is 6.55. The first-order chi connectivity index (χ1) is 21.6. The second kappa shape index (κ2) is 37.0.